The molecule has 1 unspecified atom stereocenters. The largest absolute Gasteiger partial charge is 0.496 e. The van der Waals surface area contributed by atoms with Gasteiger partial charge in [0, 0.05) is 6.42 Å². The van der Waals surface area contributed by atoms with Crippen LogP contribution in [0, 0.1) is 0 Å². The Balaban J connectivity index is 1.99. The molecule has 0 aliphatic carbocycles. The molecule has 1 N–H and O–H groups in total. The fraction of sp³-hybridized carbons (Fsp3) is 0.188. The molecule has 0 saturated heterocycles. The standard InChI is InChI=1S/C16H16O3S/c1-19-14-9-5-6-10-15(14)20-16(18)11-13(17)12-7-3-2-4-8-12/h2-10,13,17H,11H2,1H3. The number of hydrogen-bond acceptors (Lipinski definition) is 4. The van der Waals surface area contributed by atoms with E-state index in [-0.39, 0.29) is 11.5 Å². The van der Waals surface area contributed by atoms with E-state index < -0.39 is 6.10 Å². The molecule has 0 bridgehead atoms. The second-order valence-electron chi connectivity index (χ2n) is 4.26. The Morgan fingerprint density at radius 3 is 2.50 bits per heavy atom. The lowest BCUT2D eigenvalue weighted by Crippen LogP contribution is -2.03. The quantitative estimate of drug-likeness (QED) is 0.856. The molecule has 0 saturated carbocycles. The van der Waals surface area contributed by atoms with Gasteiger partial charge in [-0.25, -0.2) is 0 Å². The molecular formula is C16H16O3S. The number of aliphatic hydroxyl groups is 1. The van der Waals surface area contributed by atoms with Gasteiger partial charge in [-0.15, -0.1) is 0 Å². The van der Waals surface area contributed by atoms with E-state index in [0.717, 1.165) is 22.2 Å². The highest BCUT2D eigenvalue weighted by Gasteiger charge is 2.15. The first kappa shape index (κ1) is 14.6. The van der Waals surface area contributed by atoms with E-state index in [4.69, 9.17) is 4.74 Å². The minimum atomic E-state index is -0.772. The van der Waals surface area contributed by atoms with Gasteiger partial charge in [0.1, 0.15) is 5.75 Å². The molecule has 0 radical (unpaired) electrons. The summed E-state index contributed by atoms with van der Waals surface area (Å²) in [7, 11) is 1.57. The number of thioether (sulfide) groups is 1. The van der Waals surface area contributed by atoms with Crippen molar-refractivity contribution in [3.8, 4) is 5.75 Å². The number of ether oxygens (including phenoxy) is 1. The highest BCUT2D eigenvalue weighted by molar-refractivity contribution is 8.13. The topological polar surface area (TPSA) is 46.5 Å². The molecule has 0 aromatic heterocycles. The minimum Gasteiger partial charge on any atom is -0.496 e. The van der Waals surface area contributed by atoms with Crippen LogP contribution in [0.5, 0.6) is 5.75 Å². The average Bonchev–Trinajstić information content (AvgIpc) is 2.48. The van der Waals surface area contributed by atoms with Crippen molar-refractivity contribution in [1.29, 1.82) is 0 Å². The van der Waals surface area contributed by atoms with Crippen LogP contribution < -0.4 is 4.74 Å². The normalized spacial score (nSPS) is 11.9. The number of benzene rings is 2. The fourth-order valence-corrected chi connectivity index (χ4v) is 2.70. The van der Waals surface area contributed by atoms with Crippen LogP contribution in [0.4, 0.5) is 0 Å². The number of carbonyl (C=O) groups excluding carboxylic acids is 1. The zero-order valence-electron chi connectivity index (χ0n) is 11.2. The van der Waals surface area contributed by atoms with E-state index in [1.807, 2.05) is 54.6 Å². The lowest BCUT2D eigenvalue weighted by molar-refractivity contribution is -0.112. The van der Waals surface area contributed by atoms with Crippen LogP contribution in [0.3, 0.4) is 0 Å². The molecule has 4 heteroatoms. The van der Waals surface area contributed by atoms with Gasteiger partial charge in [0.25, 0.3) is 0 Å². The Morgan fingerprint density at radius 2 is 1.80 bits per heavy atom. The molecule has 104 valence electrons. The van der Waals surface area contributed by atoms with Crippen molar-refractivity contribution in [2.75, 3.05) is 7.11 Å². The summed E-state index contributed by atoms with van der Waals surface area (Å²) in [6, 6.07) is 16.5. The van der Waals surface area contributed by atoms with Crippen molar-refractivity contribution >= 4 is 16.9 Å². The molecule has 2 aromatic rings. The Morgan fingerprint density at radius 1 is 1.15 bits per heavy atom. The third-order valence-corrected chi connectivity index (χ3v) is 3.79. The van der Waals surface area contributed by atoms with Crippen LogP contribution in [0.15, 0.2) is 59.5 Å². The van der Waals surface area contributed by atoms with Crippen molar-refractivity contribution in [1.82, 2.24) is 0 Å². The van der Waals surface area contributed by atoms with Crippen LogP contribution in [0.1, 0.15) is 18.1 Å². The molecular weight excluding hydrogens is 272 g/mol. The van der Waals surface area contributed by atoms with Gasteiger partial charge in [-0.1, -0.05) is 42.5 Å². The van der Waals surface area contributed by atoms with Gasteiger partial charge >= 0.3 is 0 Å². The summed E-state index contributed by atoms with van der Waals surface area (Å²) in [6.07, 6.45) is -0.696. The van der Waals surface area contributed by atoms with Gasteiger partial charge in [-0.05, 0) is 29.5 Å². The third-order valence-electron chi connectivity index (χ3n) is 2.84. The number of methoxy groups -OCH3 is 1. The van der Waals surface area contributed by atoms with E-state index in [1.165, 1.54) is 0 Å². The second-order valence-corrected chi connectivity index (χ2v) is 5.35. The maximum Gasteiger partial charge on any atom is 0.196 e. The van der Waals surface area contributed by atoms with Gasteiger partial charge in [0.2, 0.25) is 0 Å². The number of hydrogen-bond donors (Lipinski definition) is 1. The number of aliphatic hydroxyl groups excluding tert-OH is 1. The number of carbonyl (C=O) groups is 1. The van der Waals surface area contributed by atoms with Crippen molar-refractivity contribution in [2.24, 2.45) is 0 Å². The van der Waals surface area contributed by atoms with E-state index in [9.17, 15) is 9.90 Å². The van der Waals surface area contributed by atoms with E-state index >= 15 is 0 Å². The maximum atomic E-state index is 12.0. The Kier molecular flexibility index (Phi) is 5.21. The second kappa shape index (κ2) is 7.12. The van der Waals surface area contributed by atoms with Crippen LogP contribution in [-0.4, -0.2) is 17.3 Å². The Bertz CT molecular complexity index is 569. The number of rotatable bonds is 5. The smallest absolute Gasteiger partial charge is 0.196 e. The molecule has 2 aromatic carbocycles. The highest BCUT2D eigenvalue weighted by Crippen LogP contribution is 2.31. The van der Waals surface area contributed by atoms with Crippen molar-refractivity contribution in [3.05, 3.63) is 60.2 Å². The Labute approximate surface area is 122 Å². The zero-order valence-corrected chi connectivity index (χ0v) is 12.0. The zero-order chi connectivity index (χ0) is 14.4. The molecule has 3 nitrogen and oxygen atoms in total. The van der Waals surface area contributed by atoms with Crippen molar-refractivity contribution < 1.29 is 14.6 Å². The SMILES string of the molecule is COc1ccccc1SC(=O)CC(O)c1ccccc1. The maximum absolute atomic E-state index is 12.0. The van der Waals surface area contributed by atoms with E-state index in [0.29, 0.717) is 5.75 Å². The van der Waals surface area contributed by atoms with Gasteiger partial charge in [0.05, 0.1) is 18.1 Å². The summed E-state index contributed by atoms with van der Waals surface area (Å²) in [5.41, 5.74) is 0.751. The highest BCUT2D eigenvalue weighted by atomic mass is 32.2. The summed E-state index contributed by atoms with van der Waals surface area (Å²) in [4.78, 5) is 12.8. The van der Waals surface area contributed by atoms with E-state index in [1.54, 1.807) is 7.11 Å². The molecule has 0 amide bonds. The predicted octanol–water partition coefficient (Wildman–Crippen LogP) is 3.44. The molecule has 1 atom stereocenters. The third kappa shape index (κ3) is 3.85. The summed E-state index contributed by atoms with van der Waals surface area (Å²) in [5, 5.41) is 9.94. The minimum absolute atomic E-state index is 0.0761. The summed E-state index contributed by atoms with van der Waals surface area (Å²) in [5.74, 6) is 0.667. The fourth-order valence-electron chi connectivity index (χ4n) is 1.82. The van der Waals surface area contributed by atoms with Crippen molar-refractivity contribution in [2.45, 2.75) is 17.4 Å². The van der Waals surface area contributed by atoms with E-state index in [2.05, 4.69) is 0 Å². The molecule has 0 fully saturated rings. The summed E-state index contributed by atoms with van der Waals surface area (Å²) in [6.45, 7) is 0. The molecule has 0 aliphatic rings. The molecule has 2 rings (SSSR count). The summed E-state index contributed by atoms with van der Waals surface area (Å²) < 4.78 is 5.20. The summed E-state index contributed by atoms with van der Waals surface area (Å²) >= 11 is 1.09. The van der Waals surface area contributed by atoms with Crippen LogP contribution in [0.25, 0.3) is 0 Å². The van der Waals surface area contributed by atoms with Crippen LogP contribution in [0.2, 0.25) is 0 Å². The Hall–Kier alpha value is -1.78. The van der Waals surface area contributed by atoms with Crippen LogP contribution >= 0.6 is 11.8 Å². The average molecular weight is 288 g/mol. The first-order valence-corrected chi connectivity index (χ1v) is 7.09. The lowest BCUT2D eigenvalue weighted by Gasteiger charge is -2.11. The van der Waals surface area contributed by atoms with Gasteiger partial charge < -0.3 is 9.84 Å². The van der Waals surface area contributed by atoms with Gasteiger partial charge in [-0.3, -0.25) is 4.79 Å². The predicted molar refractivity (Wildman–Crippen MR) is 79.9 cm³/mol. The molecule has 0 spiro atoms. The van der Waals surface area contributed by atoms with Gasteiger partial charge in [-0.2, -0.15) is 0 Å². The molecule has 20 heavy (non-hydrogen) atoms. The monoisotopic (exact) mass is 288 g/mol. The van der Waals surface area contributed by atoms with Crippen LogP contribution in [-0.2, 0) is 4.79 Å². The lowest BCUT2D eigenvalue weighted by atomic mass is 10.1. The van der Waals surface area contributed by atoms with Gasteiger partial charge in [0.15, 0.2) is 5.12 Å². The first-order valence-electron chi connectivity index (χ1n) is 6.27. The number of para-hydroxylation sites is 1. The molecule has 0 aliphatic heterocycles. The molecule has 0 heterocycles. The first-order chi connectivity index (χ1) is 9.70. The van der Waals surface area contributed by atoms with Crippen molar-refractivity contribution in [3.63, 3.8) is 0 Å².